The monoisotopic (exact) mass is 339 g/mol. The van der Waals surface area contributed by atoms with E-state index in [1.54, 1.807) is 48.8 Å². The maximum absolute atomic E-state index is 11.9. The van der Waals surface area contributed by atoms with Gasteiger partial charge in [0.15, 0.2) is 0 Å². The Morgan fingerprint density at radius 1 is 1.00 bits per heavy atom. The summed E-state index contributed by atoms with van der Waals surface area (Å²) >= 11 is 0. The Hall–Kier alpha value is -3.42. The highest BCUT2D eigenvalue weighted by molar-refractivity contribution is 5.98. The van der Waals surface area contributed by atoms with Crippen LogP contribution in [0.4, 0.5) is 16.5 Å². The molecular weight excluding hydrogens is 322 g/mol. The maximum Gasteiger partial charge on any atom is 0.327 e. The number of urea groups is 1. The molecule has 8 nitrogen and oxygen atoms in total. The number of hydrogen-bond donors (Lipinski definition) is 2. The number of nitrogens with one attached hydrogen (secondary N) is 2. The van der Waals surface area contributed by atoms with Crippen molar-refractivity contribution in [3.63, 3.8) is 0 Å². The van der Waals surface area contributed by atoms with Crippen LogP contribution in [-0.4, -0.2) is 21.2 Å². The summed E-state index contributed by atoms with van der Waals surface area (Å²) in [4.78, 5) is 15.9. The molecule has 128 valence electrons. The number of benzene rings is 1. The molecule has 8 heteroatoms. The standard InChI is InChI=1S/C17H17N5O3/c1-11(2)15-21-22-17(25-15)20-16(23)19-12-3-5-13(6-4-12)24-14-7-9-18-10-8-14/h3-11H,1-2H3,(H2,19,20,22,23). The number of ether oxygens (including phenoxy) is 1. The zero-order valence-corrected chi connectivity index (χ0v) is 13.8. The topological polar surface area (TPSA) is 102 Å². The van der Waals surface area contributed by atoms with E-state index in [2.05, 4.69) is 25.8 Å². The van der Waals surface area contributed by atoms with Crippen molar-refractivity contribution in [2.75, 3.05) is 10.6 Å². The highest BCUT2D eigenvalue weighted by Crippen LogP contribution is 2.22. The van der Waals surface area contributed by atoms with E-state index < -0.39 is 6.03 Å². The van der Waals surface area contributed by atoms with Crippen molar-refractivity contribution in [3.05, 3.63) is 54.7 Å². The van der Waals surface area contributed by atoms with E-state index in [0.29, 0.717) is 23.1 Å². The summed E-state index contributed by atoms with van der Waals surface area (Å²) in [5, 5.41) is 12.8. The van der Waals surface area contributed by atoms with Gasteiger partial charge in [-0.3, -0.25) is 10.3 Å². The van der Waals surface area contributed by atoms with Gasteiger partial charge in [-0.25, -0.2) is 4.79 Å². The SMILES string of the molecule is CC(C)c1nnc(NC(=O)Nc2ccc(Oc3ccncc3)cc2)o1. The van der Waals surface area contributed by atoms with Crippen molar-refractivity contribution in [2.45, 2.75) is 19.8 Å². The lowest BCUT2D eigenvalue weighted by atomic mass is 10.2. The number of pyridine rings is 1. The van der Waals surface area contributed by atoms with Crippen LogP contribution < -0.4 is 15.4 Å². The highest BCUT2D eigenvalue weighted by Gasteiger charge is 2.12. The third-order valence-corrected chi connectivity index (χ3v) is 3.15. The summed E-state index contributed by atoms with van der Waals surface area (Å²) in [5.74, 6) is 1.90. The van der Waals surface area contributed by atoms with Crippen molar-refractivity contribution in [2.24, 2.45) is 0 Å². The van der Waals surface area contributed by atoms with Gasteiger partial charge in [-0.15, -0.1) is 5.10 Å². The fourth-order valence-corrected chi connectivity index (χ4v) is 1.93. The van der Waals surface area contributed by atoms with Gasteiger partial charge in [0.2, 0.25) is 5.89 Å². The molecule has 0 saturated heterocycles. The first kappa shape index (κ1) is 16.4. The fourth-order valence-electron chi connectivity index (χ4n) is 1.93. The second-order valence-corrected chi connectivity index (χ2v) is 5.49. The van der Waals surface area contributed by atoms with E-state index in [1.165, 1.54) is 0 Å². The Morgan fingerprint density at radius 2 is 1.68 bits per heavy atom. The van der Waals surface area contributed by atoms with Crippen molar-refractivity contribution in [3.8, 4) is 11.5 Å². The molecule has 3 rings (SSSR count). The average Bonchev–Trinajstić information content (AvgIpc) is 3.06. The number of hydrogen-bond acceptors (Lipinski definition) is 6. The summed E-state index contributed by atoms with van der Waals surface area (Å²) in [6, 6.07) is 10.1. The van der Waals surface area contributed by atoms with Gasteiger partial charge in [0.05, 0.1) is 0 Å². The van der Waals surface area contributed by atoms with Crippen LogP contribution in [0.1, 0.15) is 25.7 Å². The van der Waals surface area contributed by atoms with E-state index in [-0.39, 0.29) is 11.9 Å². The average molecular weight is 339 g/mol. The van der Waals surface area contributed by atoms with Crippen molar-refractivity contribution in [1.82, 2.24) is 15.2 Å². The number of nitrogens with zero attached hydrogens (tertiary/aromatic N) is 3. The zero-order chi connectivity index (χ0) is 17.6. The third-order valence-electron chi connectivity index (χ3n) is 3.15. The van der Waals surface area contributed by atoms with Gasteiger partial charge in [0, 0.05) is 24.0 Å². The summed E-state index contributed by atoms with van der Waals surface area (Å²) in [6.07, 6.45) is 3.30. The number of aromatic nitrogens is 3. The van der Waals surface area contributed by atoms with Gasteiger partial charge in [0.1, 0.15) is 11.5 Å². The normalized spacial score (nSPS) is 10.5. The first-order chi connectivity index (χ1) is 12.1. The molecule has 0 aliphatic heterocycles. The molecule has 25 heavy (non-hydrogen) atoms. The maximum atomic E-state index is 11.9. The molecule has 0 bridgehead atoms. The number of anilines is 2. The van der Waals surface area contributed by atoms with E-state index in [9.17, 15) is 4.79 Å². The summed E-state index contributed by atoms with van der Waals surface area (Å²) in [7, 11) is 0. The molecule has 0 aliphatic carbocycles. The lowest BCUT2D eigenvalue weighted by molar-refractivity contribution is 0.261. The van der Waals surface area contributed by atoms with Crippen LogP contribution in [0.15, 0.2) is 53.2 Å². The van der Waals surface area contributed by atoms with E-state index in [0.717, 1.165) is 0 Å². The predicted octanol–water partition coefficient (Wildman–Crippen LogP) is 4.02. The van der Waals surface area contributed by atoms with Gasteiger partial charge in [-0.2, -0.15) is 0 Å². The minimum atomic E-state index is -0.471. The Kier molecular flexibility index (Phi) is 4.89. The molecule has 2 aromatic heterocycles. The highest BCUT2D eigenvalue weighted by atomic mass is 16.5. The molecule has 2 amide bonds. The Labute approximate surface area is 144 Å². The molecule has 0 fully saturated rings. The van der Waals surface area contributed by atoms with Crippen molar-refractivity contribution in [1.29, 1.82) is 0 Å². The second-order valence-electron chi connectivity index (χ2n) is 5.49. The van der Waals surface area contributed by atoms with Crippen molar-refractivity contribution < 1.29 is 13.9 Å². The van der Waals surface area contributed by atoms with Crippen LogP contribution in [-0.2, 0) is 0 Å². The number of amides is 2. The first-order valence-electron chi connectivity index (χ1n) is 7.69. The molecule has 0 radical (unpaired) electrons. The number of rotatable bonds is 5. The van der Waals surface area contributed by atoms with Crippen LogP contribution in [0.2, 0.25) is 0 Å². The van der Waals surface area contributed by atoms with Crippen LogP contribution in [0.3, 0.4) is 0 Å². The van der Waals surface area contributed by atoms with Crippen LogP contribution in [0.25, 0.3) is 0 Å². The zero-order valence-electron chi connectivity index (χ0n) is 13.8. The molecule has 1 aromatic carbocycles. The molecular formula is C17H17N5O3. The molecule has 0 saturated carbocycles. The molecule has 2 N–H and O–H groups in total. The van der Waals surface area contributed by atoms with E-state index in [1.807, 2.05) is 13.8 Å². The molecule has 0 unspecified atom stereocenters. The van der Waals surface area contributed by atoms with Crippen molar-refractivity contribution >= 4 is 17.7 Å². The quantitative estimate of drug-likeness (QED) is 0.728. The van der Waals surface area contributed by atoms with E-state index >= 15 is 0 Å². The van der Waals surface area contributed by atoms with Gasteiger partial charge in [-0.1, -0.05) is 18.9 Å². The first-order valence-corrected chi connectivity index (χ1v) is 7.69. The van der Waals surface area contributed by atoms with Crippen LogP contribution in [0, 0.1) is 0 Å². The van der Waals surface area contributed by atoms with Gasteiger partial charge in [0.25, 0.3) is 0 Å². The van der Waals surface area contributed by atoms with Gasteiger partial charge < -0.3 is 14.5 Å². The minimum absolute atomic E-state index is 0.0545. The number of carbonyl (C=O) groups excluding carboxylic acids is 1. The van der Waals surface area contributed by atoms with E-state index in [4.69, 9.17) is 9.15 Å². The third kappa shape index (κ3) is 4.54. The predicted molar refractivity (Wildman–Crippen MR) is 91.8 cm³/mol. The largest absolute Gasteiger partial charge is 0.457 e. The Morgan fingerprint density at radius 3 is 2.32 bits per heavy atom. The molecule has 3 aromatic rings. The minimum Gasteiger partial charge on any atom is -0.457 e. The lowest BCUT2D eigenvalue weighted by Gasteiger charge is -2.07. The Bertz CT molecular complexity index is 831. The molecule has 0 atom stereocenters. The van der Waals surface area contributed by atoms with Gasteiger partial charge in [-0.05, 0) is 36.4 Å². The summed E-state index contributed by atoms with van der Waals surface area (Å²) < 4.78 is 11.0. The summed E-state index contributed by atoms with van der Waals surface area (Å²) in [5.41, 5.74) is 0.600. The van der Waals surface area contributed by atoms with Crippen LogP contribution >= 0.6 is 0 Å². The molecule has 0 aliphatic rings. The fraction of sp³-hybridized carbons (Fsp3) is 0.176. The molecule has 2 heterocycles. The smallest absolute Gasteiger partial charge is 0.327 e. The van der Waals surface area contributed by atoms with Crippen LogP contribution in [0.5, 0.6) is 11.5 Å². The van der Waals surface area contributed by atoms with Gasteiger partial charge >= 0.3 is 12.0 Å². The Balaban J connectivity index is 1.56. The number of carbonyl (C=O) groups is 1. The summed E-state index contributed by atoms with van der Waals surface area (Å²) in [6.45, 7) is 3.85. The lowest BCUT2D eigenvalue weighted by Crippen LogP contribution is -2.19. The molecule has 0 spiro atoms. The second kappa shape index (κ2) is 7.43.